The molecule has 1 heteroatoms. The van der Waals surface area contributed by atoms with E-state index < -0.39 is 0 Å². The van der Waals surface area contributed by atoms with E-state index in [0.29, 0.717) is 6.10 Å². The molecule has 0 spiro atoms. The maximum Gasteiger partial charge on any atom is 0.0603 e. The average molecular weight is 377 g/mol. The van der Waals surface area contributed by atoms with Gasteiger partial charge in [-0.25, -0.2) is 0 Å². The fraction of sp³-hybridized carbons (Fsp3) is 1.00. The maximum atomic E-state index is 6.37. The second-order valence-corrected chi connectivity index (χ2v) is 10.5. The van der Waals surface area contributed by atoms with Gasteiger partial charge >= 0.3 is 0 Å². The summed E-state index contributed by atoms with van der Waals surface area (Å²) < 4.78 is 6.37. The summed E-state index contributed by atoms with van der Waals surface area (Å²) in [5, 5.41) is 0. The molecule has 0 N–H and O–H groups in total. The summed E-state index contributed by atoms with van der Waals surface area (Å²) in [7, 11) is 0. The van der Waals surface area contributed by atoms with Gasteiger partial charge in [-0.1, -0.05) is 90.9 Å². The van der Waals surface area contributed by atoms with Crippen LogP contribution in [0.2, 0.25) is 0 Å². The van der Waals surface area contributed by atoms with Crippen LogP contribution in [0, 0.1) is 29.6 Å². The molecule has 0 bridgehead atoms. The molecular weight excluding hydrogens is 328 g/mol. The zero-order chi connectivity index (χ0) is 18.9. The highest BCUT2D eigenvalue weighted by molar-refractivity contribution is 4.82. The molecule has 3 rings (SSSR count). The van der Waals surface area contributed by atoms with Crippen LogP contribution in [0.5, 0.6) is 0 Å². The standard InChI is InChI=1S/C26H48O/c1-3-5-6-7-24-16-19-26(27-20-24)25-17-14-23(15-18-25)13-12-22-10-8-21(4-2)9-11-22/h21-26H,3-20H2,1-2H3. The molecule has 2 saturated carbocycles. The molecule has 0 radical (unpaired) electrons. The highest BCUT2D eigenvalue weighted by atomic mass is 16.5. The van der Waals surface area contributed by atoms with Gasteiger partial charge in [0, 0.05) is 6.61 Å². The van der Waals surface area contributed by atoms with E-state index in [0.717, 1.165) is 36.2 Å². The van der Waals surface area contributed by atoms with Crippen molar-refractivity contribution < 1.29 is 4.74 Å². The Labute approximate surface area is 170 Å². The Bertz CT molecular complexity index is 368. The van der Waals surface area contributed by atoms with Crippen LogP contribution in [-0.2, 0) is 4.74 Å². The fourth-order valence-electron chi connectivity index (χ4n) is 6.36. The molecule has 158 valence electrons. The van der Waals surface area contributed by atoms with Crippen LogP contribution in [0.15, 0.2) is 0 Å². The van der Waals surface area contributed by atoms with Crippen LogP contribution < -0.4 is 0 Å². The van der Waals surface area contributed by atoms with Crippen molar-refractivity contribution in [1.82, 2.24) is 0 Å². The summed E-state index contributed by atoms with van der Waals surface area (Å²) in [6, 6.07) is 0. The lowest BCUT2D eigenvalue weighted by molar-refractivity contribution is -0.0600. The Morgan fingerprint density at radius 2 is 1.19 bits per heavy atom. The van der Waals surface area contributed by atoms with Gasteiger partial charge in [0.25, 0.3) is 0 Å². The van der Waals surface area contributed by atoms with E-state index in [1.165, 1.54) is 109 Å². The van der Waals surface area contributed by atoms with Gasteiger partial charge in [-0.15, -0.1) is 0 Å². The number of rotatable bonds is 9. The second-order valence-electron chi connectivity index (χ2n) is 10.5. The first kappa shape index (κ1) is 21.7. The minimum Gasteiger partial charge on any atom is -0.378 e. The van der Waals surface area contributed by atoms with Crippen molar-refractivity contribution in [3.63, 3.8) is 0 Å². The van der Waals surface area contributed by atoms with Gasteiger partial charge in [0.2, 0.25) is 0 Å². The van der Waals surface area contributed by atoms with E-state index in [-0.39, 0.29) is 0 Å². The number of hydrogen-bond donors (Lipinski definition) is 0. The van der Waals surface area contributed by atoms with Crippen molar-refractivity contribution in [2.24, 2.45) is 29.6 Å². The first-order valence-corrected chi connectivity index (χ1v) is 12.9. The predicted molar refractivity (Wildman–Crippen MR) is 117 cm³/mol. The monoisotopic (exact) mass is 376 g/mol. The summed E-state index contributed by atoms with van der Waals surface area (Å²) in [5.74, 6) is 4.91. The van der Waals surface area contributed by atoms with Gasteiger partial charge in [-0.2, -0.15) is 0 Å². The molecule has 0 aromatic carbocycles. The third kappa shape index (κ3) is 7.06. The number of hydrogen-bond acceptors (Lipinski definition) is 1. The van der Waals surface area contributed by atoms with Crippen molar-refractivity contribution in [3.05, 3.63) is 0 Å². The number of unbranched alkanes of at least 4 members (excludes halogenated alkanes) is 2. The highest BCUT2D eigenvalue weighted by Gasteiger charge is 2.31. The summed E-state index contributed by atoms with van der Waals surface area (Å²) in [6.07, 6.45) is 25.5. The lowest BCUT2D eigenvalue weighted by atomic mass is 9.73. The van der Waals surface area contributed by atoms with Crippen molar-refractivity contribution in [2.75, 3.05) is 6.61 Å². The zero-order valence-corrected chi connectivity index (χ0v) is 18.6. The SMILES string of the molecule is CCCCCC1CCC(C2CCC(CCC3CCC(CC)CC3)CC2)OC1. The topological polar surface area (TPSA) is 9.23 Å². The van der Waals surface area contributed by atoms with E-state index in [1.54, 1.807) is 0 Å². The molecular formula is C26H48O. The van der Waals surface area contributed by atoms with Crippen LogP contribution in [0.25, 0.3) is 0 Å². The third-order valence-electron chi connectivity index (χ3n) is 8.57. The Hall–Kier alpha value is -0.0400. The highest BCUT2D eigenvalue weighted by Crippen LogP contribution is 2.40. The molecule has 2 atom stereocenters. The summed E-state index contributed by atoms with van der Waals surface area (Å²) in [6.45, 7) is 5.75. The van der Waals surface area contributed by atoms with Crippen molar-refractivity contribution in [2.45, 2.75) is 129 Å². The lowest BCUT2D eigenvalue weighted by Crippen LogP contribution is -2.34. The molecule has 1 saturated heterocycles. The van der Waals surface area contributed by atoms with E-state index in [2.05, 4.69) is 13.8 Å². The zero-order valence-electron chi connectivity index (χ0n) is 18.6. The van der Waals surface area contributed by atoms with E-state index in [9.17, 15) is 0 Å². The molecule has 1 nitrogen and oxygen atoms in total. The average Bonchev–Trinajstić information content (AvgIpc) is 2.74. The Morgan fingerprint density at radius 1 is 0.593 bits per heavy atom. The van der Waals surface area contributed by atoms with Gasteiger partial charge in [-0.05, 0) is 61.7 Å². The normalized spacial score (nSPS) is 38.0. The maximum absolute atomic E-state index is 6.37. The molecule has 2 unspecified atom stereocenters. The quantitative estimate of drug-likeness (QED) is 0.369. The number of ether oxygens (including phenoxy) is 1. The van der Waals surface area contributed by atoms with Crippen molar-refractivity contribution >= 4 is 0 Å². The third-order valence-corrected chi connectivity index (χ3v) is 8.57. The minimum atomic E-state index is 0.609. The minimum absolute atomic E-state index is 0.609. The first-order chi connectivity index (χ1) is 13.3. The summed E-state index contributed by atoms with van der Waals surface area (Å²) >= 11 is 0. The van der Waals surface area contributed by atoms with Crippen LogP contribution in [0.3, 0.4) is 0 Å². The molecule has 0 aromatic rings. The smallest absolute Gasteiger partial charge is 0.0603 e. The van der Waals surface area contributed by atoms with E-state index in [4.69, 9.17) is 4.74 Å². The molecule has 0 aromatic heterocycles. The second kappa shape index (κ2) is 11.8. The molecule has 1 aliphatic heterocycles. The Morgan fingerprint density at radius 3 is 1.74 bits per heavy atom. The molecule has 27 heavy (non-hydrogen) atoms. The van der Waals surface area contributed by atoms with Crippen LogP contribution in [0.1, 0.15) is 123 Å². The van der Waals surface area contributed by atoms with Gasteiger partial charge in [0.05, 0.1) is 6.10 Å². The molecule has 0 amide bonds. The van der Waals surface area contributed by atoms with Crippen molar-refractivity contribution in [3.8, 4) is 0 Å². The van der Waals surface area contributed by atoms with Gasteiger partial charge in [0.15, 0.2) is 0 Å². The van der Waals surface area contributed by atoms with Crippen LogP contribution in [0.4, 0.5) is 0 Å². The lowest BCUT2D eigenvalue weighted by Gasteiger charge is -2.38. The molecule has 3 fully saturated rings. The molecule has 2 aliphatic carbocycles. The summed E-state index contributed by atoms with van der Waals surface area (Å²) in [5.41, 5.74) is 0. The molecule has 3 aliphatic rings. The van der Waals surface area contributed by atoms with Crippen molar-refractivity contribution in [1.29, 1.82) is 0 Å². The molecule has 1 heterocycles. The predicted octanol–water partition coefficient (Wildman–Crippen LogP) is 8.16. The Balaban J connectivity index is 1.26. The van der Waals surface area contributed by atoms with Crippen LogP contribution >= 0.6 is 0 Å². The van der Waals surface area contributed by atoms with Gasteiger partial charge < -0.3 is 4.74 Å². The Kier molecular flexibility index (Phi) is 9.50. The van der Waals surface area contributed by atoms with E-state index in [1.807, 2.05) is 0 Å². The fourth-order valence-corrected chi connectivity index (χ4v) is 6.36. The first-order valence-electron chi connectivity index (χ1n) is 12.9. The van der Waals surface area contributed by atoms with E-state index >= 15 is 0 Å². The van der Waals surface area contributed by atoms with Crippen LogP contribution in [-0.4, -0.2) is 12.7 Å². The van der Waals surface area contributed by atoms with Gasteiger partial charge in [0.1, 0.15) is 0 Å². The summed E-state index contributed by atoms with van der Waals surface area (Å²) in [4.78, 5) is 0. The van der Waals surface area contributed by atoms with Gasteiger partial charge in [-0.3, -0.25) is 0 Å². The largest absolute Gasteiger partial charge is 0.378 e.